The second-order valence-corrected chi connectivity index (χ2v) is 13.8. The molecule has 2 aromatic rings. The van der Waals surface area contributed by atoms with E-state index in [-0.39, 0.29) is 22.7 Å². The zero-order valence-electron chi connectivity index (χ0n) is 20.6. The van der Waals surface area contributed by atoms with Crippen LogP contribution in [0.4, 0.5) is 0 Å². The number of ether oxygens (including phenoxy) is 1. The number of allylic oxidation sites excluding steroid dienone is 1. The molecule has 6 heteroatoms. The summed E-state index contributed by atoms with van der Waals surface area (Å²) in [6.45, 7) is 2.49. The third-order valence-electron chi connectivity index (χ3n) is 10.1. The van der Waals surface area contributed by atoms with Crippen LogP contribution in [0.2, 0.25) is 0 Å². The Morgan fingerprint density at radius 3 is 2.86 bits per heavy atom. The Balaban J connectivity index is 1.24. The molecule has 5 nitrogen and oxygen atoms in total. The maximum atomic E-state index is 12.0. The molecular weight excluding hydrogens is 456 g/mol. The van der Waals surface area contributed by atoms with E-state index in [0.717, 1.165) is 38.5 Å². The predicted octanol–water partition coefficient (Wildman–Crippen LogP) is 5.39. The van der Waals surface area contributed by atoms with Crippen LogP contribution in [-0.4, -0.2) is 36.9 Å². The van der Waals surface area contributed by atoms with Crippen molar-refractivity contribution in [1.82, 2.24) is 9.71 Å². The van der Waals surface area contributed by atoms with Gasteiger partial charge in [0.2, 0.25) is 10.0 Å². The monoisotopic (exact) mass is 490 g/mol. The van der Waals surface area contributed by atoms with E-state index in [9.17, 15) is 8.42 Å². The van der Waals surface area contributed by atoms with Gasteiger partial charge < -0.3 is 4.74 Å². The lowest BCUT2D eigenvalue weighted by Crippen LogP contribution is -2.55. The van der Waals surface area contributed by atoms with Gasteiger partial charge >= 0.3 is 0 Å². The summed E-state index contributed by atoms with van der Waals surface area (Å²) in [7, 11) is -3.23. The zero-order chi connectivity index (χ0) is 24.1. The van der Waals surface area contributed by atoms with Crippen molar-refractivity contribution in [3.8, 4) is 0 Å². The molecule has 3 aliphatic carbocycles. The number of fused-ring (bicyclic) bond motifs is 2. The van der Waals surface area contributed by atoms with Gasteiger partial charge in [-0.15, -0.1) is 0 Å². The maximum Gasteiger partial charge on any atom is 0.208 e. The summed E-state index contributed by atoms with van der Waals surface area (Å²) in [5.74, 6) is 0.978. The summed E-state index contributed by atoms with van der Waals surface area (Å²) in [4.78, 5) is 4.35. The highest BCUT2D eigenvalue weighted by Crippen LogP contribution is 2.69. The molecule has 7 rings (SSSR count). The normalized spacial score (nSPS) is 40.0. The summed E-state index contributed by atoms with van der Waals surface area (Å²) in [6.07, 6.45) is 18.1. The molecule has 2 saturated carbocycles. The fraction of sp³-hybridized carbons (Fsp3) is 0.552. The standard InChI is InChI=1S/C29H34N2O3S/c1-27-11-9-23-16-22-5-6-24(31-35(2,32)33)17-28(22)12-13-29(23,34-28)26(27)8-7-25(27)20-4-3-19-10-14-30-18-21(19)15-20/h3-4,9-10,14-16,18,24-26,31H,5-8,11-13,17H2,1-2H3/t24-,25-,26-,27-,28-,29?/m1/s1. The summed E-state index contributed by atoms with van der Waals surface area (Å²) in [5.41, 5.74) is 3.85. The molecule has 0 amide bonds. The van der Waals surface area contributed by atoms with E-state index in [1.54, 1.807) is 0 Å². The zero-order valence-corrected chi connectivity index (χ0v) is 21.4. The van der Waals surface area contributed by atoms with Gasteiger partial charge in [0.05, 0.1) is 17.5 Å². The van der Waals surface area contributed by atoms with Crippen molar-refractivity contribution in [2.75, 3.05) is 6.26 Å². The van der Waals surface area contributed by atoms with E-state index < -0.39 is 10.0 Å². The topological polar surface area (TPSA) is 68.3 Å². The molecule has 3 fully saturated rings. The van der Waals surface area contributed by atoms with Crippen molar-refractivity contribution in [2.24, 2.45) is 11.3 Å². The summed E-state index contributed by atoms with van der Waals surface area (Å²) < 4.78 is 34.1. The minimum atomic E-state index is -3.23. The molecule has 0 radical (unpaired) electrons. The van der Waals surface area contributed by atoms with Crippen molar-refractivity contribution in [2.45, 2.75) is 81.5 Å². The summed E-state index contributed by atoms with van der Waals surface area (Å²) >= 11 is 0. The molecule has 2 spiro atoms. The SMILES string of the molecule is C[C@]12CC=C3C=C4CC[C@@H](NS(C)(=O)=O)C[C@]45CCC3(O5)[C@@H]1CC[C@@H]2c1ccc2ccncc2c1. The van der Waals surface area contributed by atoms with Gasteiger partial charge in [-0.2, -0.15) is 0 Å². The molecule has 3 heterocycles. The lowest BCUT2D eigenvalue weighted by atomic mass is 9.58. The first-order valence-electron chi connectivity index (χ1n) is 13.1. The van der Waals surface area contributed by atoms with Gasteiger partial charge in [0.25, 0.3) is 0 Å². The van der Waals surface area contributed by atoms with Crippen LogP contribution in [0.25, 0.3) is 10.8 Å². The van der Waals surface area contributed by atoms with E-state index in [4.69, 9.17) is 4.74 Å². The lowest BCUT2D eigenvalue weighted by molar-refractivity contribution is -0.135. The number of sulfonamides is 1. The summed E-state index contributed by atoms with van der Waals surface area (Å²) in [5, 5.41) is 2.46. The van der Waals surface area contributed by atoms with Crippen LogP contribution in [0, 0.1) is 11.3 Å². The van der Waals surface area contributed by atoms with Gasteiger partial charge in [-0.1, -0.05) is 31.2 Å². The number of nitrogens with zero attached hydrogens (tertiary/aromatic N) is 1. The lowest BCUT2D eigenvalue weighted by Gasteiger charge is -2.54. The molecule has 1 unspecified atom stereocenters. The predicted molar refractivity (Wildman–Crippen MR) is 137 cm³/mol. The largest absolute Gasteiger partial charge is 0.359 e. The highest BCUT2D eigenvalue weighted by atomic mass is 32.2. The van der Waals surface area contributed by atoms with Gasteiger partial charge in [-0.05, 0) is 103 Å². The molecule has 1 saturated heterocycles. The second kappa shape index (κ2) is 7.27. The van der Waals surface area contributed by atoms with Crippen molar-refractivity contribution >= 4 is 20.8 Å². The van der Waals surface area contributed by atoms with Crippen LogP contribution in [0.1, 0.15) is 69.8 Å². The van der Waals surface area contributed by atoms with Crippen LogP contribution < -0.4 is 4.72 Å². The van der Waals surface area contributed by atoms with Gasteiger partial charge in [0.15, 0.2) is 0 Å². The van der Waals surface area contributed by atoms with E-state index in [1.165, 1.54) is 46.6 Å². The van der Waals surface area contributed by atoms with E-state index in [0.29, 0.717) is 11.8 Å². The third kappa shape index (κ3) is 3.19. The molecule has 1 aromatic carbocycles. The van der Waals surface area contributed by atoms with Crippen LogP contribution >= 0.6 is 0 Å². The van der Waals surface area contributed by atoms with Crippen molar-refractivity contribution in [3.05, 3.63) is 65.5 Å². The summed E-state index contributed by atoms with van der Waals surface area (Å²) in [6, 6.07) is 8.98. The van der Waals surface area contributed by atoms with Crippen LogP contribution in [0.5, 0.6) is 0 Å². The number of hydrogen-bond donors (Lipinski definition) is 1. The number of benzene rings is 1. The molecule has 1 N–H and O–H groups in total. The first-order valence-corrected chi connectivity index (χ1v) is 15.0. The third-order valence-corrected chi connectivity index (χ3v) is 10.9. The van der Waals surface area contributed by atoms with Gasteiger partial charge in [0, 0.05) is 23.8 Å². The number of nitrogens with one attached hydrogen (secondary N) is 1. The van der Waals surface area contributed by atoms with E-state index in [2.05, 4.69) is 53.0 Å². The van der Waals surface area contributed by atoms with Gasteiger partial charge in [-0.25, -0.2) is 13.1 Å². The fourth-order valence-electron chi connectivity index (χ4n) is 8.68. The van der Waals surface area contributed by atoms with Crippen LogP contribution in [0.3, 0.4) is 0 Å². The average molecular weight is 491 g/mol. The Morgan fingerprint density at radius 1 is 1.11 bits per heavy atom. The molecule has 35 heavy (non-hydrogen) atoms. The second-order valence-electron chi connectivity index (χ2n) is 12.0. The highest BCUT2D eigenvalue weighted by molar-refractivity contribution is 7.88. The number of hydrogen-bond acceptors (Lipinski definition) is 4. The molecule has 2 bridgehead atoms. The number of rotatable bonds is 3. The Labute approximate surface area is 208 Å². The van der Waals surface area contributed by atoms with Crippen molar-refractivity contribution in [1.29, 1.82) is 0 Å². The van der Waals surface area contributed by atoms with Crippen molar-refractivity contribution in [3.63, 3.8) is 0 Å². The van der Waals surface area contributed by atoms with Crippen molar-refractivity contribution < 1.29 is 13.2 Å². The van der Waals surface area contributed by atoms with Crippen LogP contribution in [-0.2, 0) is 14.8 Å². The first kappa shape index (κ1) is 22.2. The minimum Gasteiger partial charge on any atom is -0.359 e. The molecule has 5 aliphatic rings. The maximum absolute atomic E-state index is 12.0. The Morgan fingerprint density at radius 2 is 2.00 bits per heavy atom. The smallest absolute Gasteiger partial charge is 0.208 e. The Hall–Kier alpha value is -2.02. The van der Waals surface area contributed by atoms with E-state index in [1.807, 2.05) is 12.4 Å². The van der Waals surface area contributed by atoms with E-state index >= 15 is 0 Å². The quantitative estimate of drug-likeness (QED) is 0.626. The molecule has 184 valence electrons. The molecular formula is C29H34N2O3S. The van der Waals surface area contributed by atoms with Gasteiger partial charge in [-0.3, -0.25) is 4.98 Å². The number of pyridine rings is 1. The molecule has 2 aliphatic heterocycles. The fourth-order valence-corrected chi connectivity index (χ4v) is 9.49. The molecule has 1 aromatic heterocycles. The number of aromatic nitrogens is 1. The average Bonchev–Trinajstić information content (AvgIpc) is 3.33. The Bertz CT molecular complexity index is 1400. The minimum absolute atomic E-state index is 0.0414. The van der Waals surface area contributed by atoms with Crippen LogP contribution in [0.15, 0.2) is 60.0 Å². The van der Waals surface area contributed by atoms with Gasteiger partial charge in [0.1, 0.15) is 0 Å². The highest BCUT2D eigenvalue weighted by Gasteiger charge is 2.66. The Kier molecular flexibility index (Phi) is 4.61. The first-order chi connectivity index (χ1) is 16.7. The molecule has 6 atom stereocenters.